The monoisotopic (exact) mass is 523 g/mol. The van der Waals surface area contributed by atoms with E-state index in [9.17, 15) is 25.2 Å². The highest BCUT2D eigenvalue weighted by Crippen LogP contribution is 2.35. The van der Waals surface area contributed by atoms with Gasteiger partial charge in [-0.15, -0.1) is 0 Å². The SMILES string of the molecule is CNC(=O)c1cccc(-c2ccc(O[C@H]3O[C@H](CO)[C@@H](O)[C@H](O)C3(O)COCc3ccccc3)c(C)c2)c1. The molecular weight excluding hydrogens is 490 g/mol. The maximum atomic E-state index is 12.0. The van der Waals surface area contributed by atoms with Gasteiger partial charge in [-0.05, 0) is 53.4 Å². The Hall–Kier alpha value is -3.31. The van der Waals surface area contributed by atoms with Crippen LogP contribution in [0.4, 0.5) is 0 Å². The molecule has 1 aliphatic heterocycles. The first-order chi connectivity index (χ1) is 18.3. The molecule has 0 bridgehead atoms. The quantitative estimate of drug-likeness (QED) is 0.286. The third kappa shape index (κ3) is 5.88. The Labute approximate surface area is 221 Å². The molecule has 0 aromatic heterocycles. The minimum Gasteiger partial charge on any atom is -0.461 e. The van der Waals surface area contributed by atoms with Crippen molar-refractivity contribution in [2.75, 3.05) is 20.3 Å². The lowest BCUT2D eigenvalue weighted by Crippen LogP contribution is -2.69. The van der Waals surface area contributed by atoms with Gasteiger partial charge in [0.2, 0.25) is 6.29 Å². The molecule has 9 nitrogen and oxygen atoms in total. The van der Waals surface area contributed by atoms with Gasteiger partial charge in [-0.2, -0.15) is 0 Å². The summed E-state index contributed by atoms with van der Waals surface area (Å²) < 4.78 is 17.4. The molecule has 1 heterocycles. The van der Waals surface area contributed by atoms with Crippen molar-refractivity contribution in [1.29, 1.82) is 0 Å². The number of hydrogen-bond acceptors (Lipinski definition) is 8. The summed E-state index contributed by atoms with van der Waals surface area (Å²) in [5.74, 6) is 0.175. The van der Waals surface area contributed by atoms with Crippen LogP contribution in [0.15, 0.2) is 72.8 Å². The molecule has 0 aliphatic carbocycles. The summed E-state index contributed by atoms with van der Waals surface area (Å²) in [7, 11) is 1.57. The van der Waals surface area contributed by atoms with Crippen LogP contribution >= 0.6 is 0 Å². The van der Waals surface area contributed by atoms with Gasteiger partial charge in [0, 0.05) is 12.6 Å². The second-order valence-corrected chi connectivity index (χ2v) is 9.35. The minimum atomic E-state index is -2.13. The van der Waals surface area contributed by atoms with E-state index in [0.717, 1.165) is 16.7 Å². The number of aliphatic hydroxyl groups excluding tert-OH is 3. The molecule has 1 unspecified atom stereocenters. The number of aliphatic hydroxyl groups is 4. The van der Waals surface area contributed by atoms with Gasteiger partial charge in [0.25, 0.3) is 5.91 Å². The number of aryl methyl sites for hydroxylation is 1. The maximum absolute atomic E-state index is 12.0. The first-order valence-corrected chi connectivity index (χ1v) is 12.3. The predicted molar refractivity (Wildman–Crippen MR) is 139 cm³/mol. The fourth-order valence-electron chi connectivity index (χ4n) is 4.40. The van der Waals surface area contributed by atoms with Crippen LogP contribution in [0.25, 0.3) is 11.1 Å². The van der Waals surface area contributed by atoms with Crippen LogP contribution in [0.1, 0.15) is 21.5 Å². The zero-order valence-corrected chi connectivity index (χ0v) is 21.3. The molecular formula is C29H33NO8. The van der Waals surface area contributed by atoms with Crippen LogP contribution in [0.3, 0.4) is 0 Å². The summed E-state index contributed by atoms with van der Waals surface area (Å²) in [4.78, 5) is 12.0. The fourth-order valence-corrected chi connectivity index (χ4v) is 4.40. The topological polar surface area (TPSA) is 138 Å². The lowest BCUT2D eigenvalue weighted by Gasteiger charge is -2.47. The predicted octanol–water partition coefficient (Wildman–Crippen LogP) is 1.79. The number of amides is 1. The van der Waals surface area contributed by atoms with Gasteiger partial charge < -0.3 is 40.0 Å². The van der Waals surface area contributed by atoms with Crippen molar-refractivity contribution in [3.05, 3.63) is 89.5 Å². The van der Waals surface area contributed by atoms with E-state index in [1.807, 2.05) is 49.4 Å². The average molecular weight is 524 g/mol. The number of hydrogen-bond donors (Lipinski definition) is 5. The molecule has 3 aromatic carbocycles. The molecule has 1 fully saturated rings. The minimum absolute atomic E-state index is 0.158. The Morgan fingerprint density at radius 3 is 2.45 bits per heavy atom. The van der Waals surface area contributed by atoms with Gasteiger partial charge in [0.05, 0.1) is 19.8 Å². The summed E-state index contributed by atoms with van der Waals surface area (Å²) in [6.07, 6.45) is -5.88. The van der Waals surface area contributed by atoms with Gasteiger partial charge in [-0.1, -0.05) is 48.5 Å². The molecule has 0 radical (unpaired) electrons. The summed E-state index contributed by atoms with van der Waals surface area (Å²) in [5.41, 5.74) is 1.63. The van der Waals surface area contributed by atoms with E-state index in [1.54, 1.807) is 37.4 Å². The van der Waals surface area contributed by atoms with Gasteiger partial charge in [0.15, 0.2) is 5.60 Å². The van der Waals surface area contributed by atoms with Gasteiger partial charge in [-0.3, -0.25) is 4.79 Å². The Bertz CT molecular complexity index is 1240. The number of carbonyl (C=O) groups excluding carboxylic acids is 1. The van der Waals surface area contributed by atoms with Crippen LogP contribution in [-0.4, -0.2) is 76.8 Å². The smallest absolute Gasteiger partial charge is 0.251 e. The molecule has 4 rings (SSSR count). The third-order valence-corrected chi connectivity index (χ3v) is 6.64. The Kier molecular flexibility index (Phi) is 8.78. The molecule has 3 aromatic rings. The molecule has 1 saturated heterocycles. The maximum Gasteiger partial charge on any atom is 0.251 e. The van der Waals surface area contributed by atoms with E-state index >= 15 is 0 Å². The van der Waals surface area contributed by atoms with E-state index in [4.69, 9.17) is 14.2 Å². The summed E-state index contributed by atoms with van der Waals surface area (Å²) >= 11 is 0. The molecule has 1 aliphatic rings. The molecule has 202 valence electrons. The van der Waals surface area contributed by atoms with Crippen LogP contribution in [0.5, 0.6) is 5.75 Å². The highest BCUT2D eigenvalue weighted by molar-refractivity contribution is 5.95. The molecule has 5 atom stereocenters. The highest BCUT2D eigenvalue weighted by atomic mass is 16.7. The highest BCUT2D eigenvalue weighted by Gasteiger charge is 2.56. The van der Waals surface area contributed by atoms with Crippen LogP contribution in [0, 0.1) is 6.92 Å². The van der Waals surface area contributed by atoms with Gasteiger partial charge >= 0.3 is 0 Å². The number of benzene rings is 3. The molecule has 1 amide bonds. The standard InChI is InChI=1S/C29H33NO8/c1-18-13-21(20-9-6-10-22(14-20)27(34)30-2)11-12-23(18)37-28-29(35,26(33)25(32)24(15-31)38-28)17-36-16-19-7-4-3-5-8-19/h3-14,24-26,28,31-33,35H,15-17H2,1-2H3,(H,30,34)/t24-,25-,26+,28+,29?/m1/s1. The van der Waals surface area contributed by atoms with E-state index in [-0.39, 0.29) is 12.5 Å². The Balaban J connectivity index is 1.56. The van der Waals surface area contributed by atoms with Gasteiger partial charge in [0.1, 0.15) is 24.1 Å². The zero-order chi connectivity index (χ0) is 27.3. The average Bonchev–Trinajstić information content (AvgIpc) is 2.94. The number of carbonyl (C=O) groups is 1. The lowest BCUT2D eigenvalue weighted by molar-refractivity contribution is -0.330. The lowest BCUT2D eigenvalue weighted by atomic mass is 9.87. The molecule has 5 N–H and O–H groups in total. The van der Waals surface area contributed by atoms with Crippen molar-refractivity contribution in [3.63, 3.8) is 0 Å². The van der Waals surface area contributed by atoms with E-state index in [2.05, 4.69) is 5.32 Å². The summed E-state index contributed by atoms with van der Waals surface area (Å²) in [6.45, 7) is 0.986. The van der Waals surface area contributed by atoms with E-state index < -0.39 is 43.4 Å². The molecule has 9 heteroatoms. The van der Waals surface area contributed by atoms with Crippen LogP contribution in [0.2, 0.25) is 0 Å². The van der Waals surface area contributed by atoms with Crippen molar-refractivity contribution >= 4 is 5.91 Å². The van der Waals surface area contributed by atoms with Crippen molar-refractivity contribution in [2.45, 2.75) is 43.7 Å². The fraction of sp³-hybridized carbons (Fsp3) is 0.345. The first-order valence-electron chi connectivity index (χ1n) is 12.3. The summed E-state index contributed by atoms with van der Waals surface area (Å²) in [5, 5.41) is 45.0. The summed E-state index contributed by atoms with van der Waals surface area (Å²) in [6, 6.07) is 21.9. The third-order valence-electron chi connectivity index (χ3n) is 6.64. The van der Waals surface area contributed by atoms with Crippen molar-refractivity contribution in [2.24, 2.45) is 0 Å². The second-order valence-electron chi connectivity index (χ2n) is 9.35. The van der Waals surface area contributed by atoms with Crippen LogP contribution < -0.4 is 10.1 Å². The van der Waals surface area contributed by atoms with Gasteiger partial charge in [-0.25, -0.2) is 0 Å². The van der Waals surface area contributed by atoms with Crippen molar-refractivity contribution in [3.8, 4) is 16.9 Å². The second kappa shape index (κ2) is 12.0. The largest absolute Gasteiger partial charge is 0.461 e. The van der Waals surface area contributed by atoms with E-state index in [1.165, 1.54) is 0 Å². The Morgan fingerprint density at radius 2 is 1.76 bits per heavy atom. The number of ether oxygens (including phenoxy) is 3. The molecule has 0 spiro atoms. The molecule has 38 heavy (non-hydrogen) atoms. The zero-order valence-electron chi connectivity index (χ0n) is 21.3. The number of rotatable bonds is 9. The van der Waals surface area contributed by atoms with E-state index in [0.29, 0.717) is 16.9 Å². The van der Waals surface area contributed by atoms with Crippen molar-refractivity contribution in [1.82, 2.24) is 5.32 Å². The number of nitrogens with one attached hydrogen (secondary N) is 1. The van der Waals surface area contributed by atoms with Crippen LogP contribution in [-0.2, 0) is 16.1 Å². The molecule has 0 saturated carbocycles. The van der Waals surface area contributed by atoms with Crippen molar-refractivity contribution < 1.29 is 39.4 Å². The first kappa shape index (κ1) is 27.7. The normalized spacial score (nSPS) is 25.1. The Morgan fingerprint density at radius 1 is 1.03 bits per heavy atom.